The molecule has 5 nitrogen and oxygen atoms in total. The number of rotatable bonds is 7. The van der Waals surface area contributed by atoms with Crippen molar-refractivity contribution in [3.05, 3.63) is 53.9 Å². The number of methoxy groups -OCH3 is 1. The molecule has 0 saturated heterocycles. The molecule has 0 spiro atoms. The second-order valence-electron chi connectivity index (χ2n) is 5.93. The summed E-state index contributed by atoms with van der Waals surface area (Å²) in [6.07, 6.45) is 1.75. The minimum Gasteiger partial charge on any atom is -0.493 e. The van der Waals surface area contributed by atoms with E-state index >= 15 is 0 Å². The molecule has 1 aromatic carbocycles. The number of aryl methyl sites for hydroxylation is 1. The first-order chi connectivity index (χ1) is 11.5. The van der Waals surface area contributed by atoms with E-state index in [2.05, 4.69) is 24.1 Å². The van der Waals surface area contributed by atoms with Crippen LogP contribution in [0, 0.1) is 12.8 Å². The van der Waals surface area contributed by atoms with Gasteiger partial charge in [0.05, 0.1) is 18.8 Å². The lowest BCUT2D eigenvalue weighted by atomic mass is 9.97. The van der Waals surface area contributed by atoms with E-state index in [0.717, 1.165) is 11.3 Å². The number of aromatic nitrogens is 1. The number of hydrogen-bond acceptors (Lipinski definition) is 4. The number of ether oxygens (including phenoxy) is 2. The van der Waals surface area contributed by atoms with Crippen molar-refractivity contribution >= 4 is 5.91 Å². The first kappa shape index (κ1) is 17.8. The van der Waals surface area contributed by atoms with Crippen LogP contribution in [0.3, 0.4) is 0 Å². The molecule has 0 aliphatic rings. The van der Waals surface area contributed by atoms with Gasteiger partial charge in [-0.2, -0.15) is 0 Å². The molecule has 5 heteroatoms. The Morgan fingerprint density at radius 3 is 2.50 bits per heavy atom. The first-order valence-corrected chi connectivity index (χ1v) is 7.99. The van der Waals surface area contributed by atoms with Crippen LogP contribution in [0.5, 0.6) is 11.5 Å². The highest BCUT2D eigenvalue weighted by Gasteiger charge is 2.21. The summed E-state index contributed by atoms with van der Waals surface area (Å²) in [5.41, 5.74) is 1.94. The Morgan fingerprint density at radius 2 is 1.88 bits per heavy atom. The minimum absolute atomic E-state index is 0.0739. The summed E-state index contributed by atoms with van der Waals surface area (Å²) < 4.78 is 10.8. The molecule has 1 atom stereocenters. The predicted molar refractivity (Wildman–Crippen MR) is 93.2 cm³/mol. The molecule has 1 N–H and O–H groups in total. The Bertz CT molecular complexity index is 686. The zero-order valence-corrected chi connectivity index (χ0v) is 14.6. The van der Waals surface area contributed by atoms with Gasteiger partial charge >= 0.3 is 0 Å². The normalized spacial score (nSPS) is 11.9. The first-order valence-electron chi connectivity index (χ1n) is 7.99. The van der Waals surface area contributed by atoms with Gasteiger partial charge in [0.15, 0.2) is 18.1 Å². The number of benzene rings is 1. The van der Waals surface area contributed by atoms with E-state index in [1.165, 1.54) is 0 Å². The molecule has 128 valence electrons. The fraction of sp³-hybridized carbons (Fsp3) is 0.368. The second-order valence-corrected chi connectivity index (χ2v) is 5.93. The molecule has 0 aliphatic heterocycles. The Hall–Kier alpha value is -2.56. The van der Waals surface area contributed by atoms with Gasteiger partial charge in [-0.15, -0.1) is 0 Å². The number of nitrogens with zero attached hydrogens (tertiary/aromatic N) is 1. The van der Waals surface area contributed by atoms with E-state index < -0.39 is 0 Å². The van der Waals surface area contributed by atoms with Crippen LogP contribution in [0.2, 0.25) is 0 Å². The zero-order valence-electron chi connectivity index (χ0n) is 14.6. The van der Waals surface area contributed by atoms with Crippen LogP contribution in [0.15, 0.2) is 42.6 Å². The lowest BCUT2D eigenvalue weighted by molar-refractivity contribution is -0.124. The molecule has 1 heterocycles. The van der Waals surface area contributed by atoms with Crippen LogP contribution in [-0.2, 0) is 4.79 Å². The third-order valence-electron chi connectivity index (χ3n) is 3.76. The quantitative estimate of drug-likeness (QED) is 0.847. The Morgan fingerprint density at radius 1 is 1.17 bits per heavy atom. The molecule has 0 bridgehead atoms. The summed E-state index contributed by atoms with van der Waals surface area (Å²) in [4.78, 5) is 16.7. The summed E-state index contributed by atoms with van der Waals surface area (Å²) in [7, 11) is 1.57. The minimum atomic E-state index is -0.190. The third kappa shape index (κ3) is 4.47. The van der Waals surface area contributed by atoms with Crippen molar-refractivity contribution in [3.63, 3.8) is 0 Å². The highest BCUT2D eigenvalue weighted by atomic mass is 16.5. The number of nitrogens with one attached hydrogen (secondary N) is 1. The lowest BCUT2D eigenvalue weighted by Gasteiger charge is -2.23. The van der Waals surface area contributed by atoms with Crippen LogP contribution >= 0.6 is 0 Å². The van der Waals surface area contributed by atoms with Crippen LogP contribution in [0.4, 0.5) is 0 Å². The third-order valence-corrected chi connectivity index (χ3v) is 3.76. The van der Waals surface area contributed by atoms with Gasteiger partial charge in [0.2, 0.25) is 0 Å². The Balaban J connectivity index is 2.03. The highest BCUT2D eigenvalue weighted by molar-refractivity contribution is 5.78. The summed E-state index contributed by atoms with van der Waals surface area (Å²) >= 11 is 0. The number of carbonyl (C=O) groups excluding carboxylic acids is 1. The van der Waals surface area contributed by atoms with E-state index in [1.54, 1.807) is 25.4 Å². The smallest absolute Gasteiger partial charge is 0.258 e. The maximum absolute atomic E-state index is 12.3. The van der Waals surface area contributed by atoms with E-state index in [0.29, 0.717) is 11.5 Å². The summed E-state index contributed by atoms with van der Waals surface area (Å²) in [5, 5.41) is 3.01. The Kier molecular flexibility index (Phi) is 6.18. The maximum atomic E-state index is 12.3. The zero-order chi connectivity index (χ0) is 17.5. The number of pyridine rings is 1. The molecule has 0 unspecified atom stereocenters. The molecule has 2 rings (SSSR count). The molecule has 0 saturated carbocycles. The molecule has 1 amide bonds. The van der Waals surface area contributed by atoms with E-state index in [9.17, 15) is 4.79 Å². The summed E-state index contributed by atoms with van der Waals surface area (Å²) in [6, 6.07) is 11.0. The fourth-order valence-corrected chi connectivity index (χ4v) is 2.47. The van der Waals surface area contributed by atoms with Gasteiger partial charge in [0.1, 0.15) is 0 Å². The van der Waals surface area contributed by atoms with E-state index in [-0.39, 0.29) is 24.5 Å². The summed E-state index contributed by atoms with van der Waals surface area (Å²) in [6.45, 7) is 6.03. The number of hydrogen-bond donors (Lipinski definition) is 1. The van der Waals surface area contributed by atoms with Crippen molar-refractivity contribution in [2.24, 2.45) is 5.92 Å². The monoisotopic (exact) mass is 328 g/mol. The maximum Gasteiger partial charge on any atom is 0.258 e. The molecular weight excluding hydrogens is 304 g/mol. The van der Waals surface area contributed by atoms with Crippen molar-refractivity contribution in [1.82, 2.24) is 10.3 Å². The molecule has 24 heavy (non-hydrogen) atoms. The van der Waals surface area contributed by atoms with Crippen molar-refractivity contribution in [3.8, 4) is 11.5 Å². The predicted octanol–water partition coefficient (Wildman–Crippen LogP) is 3.29. The van der Waals surface area contributed by atoms with Crippen LogP contribution in [-0.4, -0.2) is 24.6 Å². The average Bonchev–Trinajstić information content (AvgIpc) is 2.58. The van der Waals surface area contributed by atoms with Crippen molar-refractivity contribution in [1.29, 1.82) is 0 Å². The highest BCUT2D eigenvalue weighted by Crippen LogP contribution is 2.26. The number of amides is 1. The SMILES string of the molecule is COc1ccccc1OCC(=O)N[C@H](c1ncccc1C)C(C)C. The molecule has 0 aliphatic carbocycles. The number of para-hydroxylation sites is 2. The van der Waals surface area contributed by atoms with Crippen molar-refractivity contribution < 1.29 is 14.3 Å². The standard InChI is InChI=1S/C19H24N2O3/c1-13(2)18(19-14(3)8-7-11-20-19)21-17(22)12-24-16-10-6-5-9-15(16)23-4/h5-11,13,18H,12H2,1-4H3,(H,21,22)/t18-/m0/s1. The lowest BCUT2D eigenvalue weighted by Crippen LogP contribution is -2.36. The van der Waals surface area contributed by atoms with Crippen LogP contribution in [0.1, 0.15) is 31.1 Å². The van der Waals surface area contributed by atoms with Gasteiger partial charge in [-0.25, -0.2) is 0 Å². The second kappa shape index (κ2) is 8.34. The Labute approximate surface area is 143 Å². The van der Waals surface area contributed by atoms with Gasteiger partial charge in [0.25, 0.3) is 5.91 Å². The molecule has 0 radical (unpaired) electrons. The van der Waals surface area contributed by atoms with Gasteiger partial charge in [-0.3, -0.25) is 9.78 Å². The average molecular weight is 328 g/mol. The number of carbonyl (C=O) groups is 1. The molecule has 0 fully saturated rings. The van der Waals surface area contributed by atoms with Crippen molar-refractivity contribution in [2.75, 3.05) is 13.7 Å². The molecular formula is C19H24N2O3. The van der Waals surface area contributed by atoms with Gasteiger partial charge < -0.3 is 14.8 Å². The summed E-state index contributed by atoms with van der Waals surface area (Å²) in [5.74, 6) is 1.18. The van der Waals surface area contributed by atoms with Crippen LogP contribution < -0.4 is 14.8 Å². The van der Waals surface area contributed by atoms with Gasteiger partial charge in [0, 0.05) is 6.20 Å². The topological polar surface area (TPSA) is 60.5 Å². The van der Waals surface area contributed by atoms with E-state index in [1.807, 2.05) is 31.2 Å². The van der Waals surface area contributed by atoms with Gasteiger partial charge in [-0.05, 0) is 36.6 Å². The molecule has 2 aromatic rings. The van der Waals surface area contributed by atoms with Crippen molar-refractivity contribution in [2.45, 2.75) is 26.8 Å². The molecule has 1 aromatic heterocycles. The van der Waals surface area contributed by atoms with E-state index in [4.69, 9.17) is 9.47 Å². The van der Waals surface area contributed by atoms with Gasteiger partial charge in [-0.1, -0.05) is 32.0 Å². The van der Waals surface area contributed by atoms with Crippen LogP contribution in [0.25, 0.3) is 0 Å². The largest absolute Gasteiger partial charge is 0.493 e. The fourth-order valence-electron chi connectivity index (χ4n) is 2.47.